The SMILES string of the molecule is CC(C)OCCOC(C)(F)F. The molecule has 0 N–H and O–H groups in total. The summed E-state index contributed by atoms with van der Waals surface area (Å²) in [7, 11) is 0. The molecule has 0 aliphatic heterocycles. The fourth-order valence-electron chi connectivity index (χ4n) is 0.505. The first-order valence-electron chi connectivity index (χ1n) is 3.55. The highest BCUT2D eigenvalue weighted by molar-refractivity contribution is 4.41. The summed E-state index contributed by atoms with van der Waals surface area (Å²) < 4.78 is 33.0. The van der Waals surface area contributed by atoms with Gasteiger partial charge in [0.25, 0.3) is 0 Å². The molecule has 0 saturated heterocycles. The van der Waals surface area contributed by atoms with Crippen molar-refractivity contribution < 1.29 is 18.3 Å². The van der Waals surface area contributed by atoms with Crippen molar-refractivity contribution in [2.45, 2.75) is 33.0 Å². The van der Waals surface area contributed by atoms with Gasteiger partial charge in [0.1, 0.15) is 0 Å². The molecule has 0 saturated carbocycles. The minimum Gasteiger partial charge on any atom is -0.376 e. The van der Waals surface area contributed by atoms with Gasteiger partial charge in [-0.3, -0.25) is 0 Å². The van der Waals surface area contributed by atoms with Crippen molar-refractivity contribution >= 4 is 0 Å². The third-order valence-electron chi connectivity index (χ3n) is 0.890. The second kappa shape index (κ2) is 4.62. The number of halogens is 2. The number of ether oxygens (including phenoxy) is 2. The maximum absolute atomic E-state index is 12.0. The lowest BCUT2D eigenvalue weighted by Gasteiger charge is -2.12. The number of hydrogen-bond acceptors (Lipinski definition) is 2. The molecule has 0 amide bonds. The van der Waals surface area contributed by atoms with Gasteiger partial charge >= 0.3 is 6.11 Å². The van der Waals surface area contributed by atoms with E-state index in [0.29, 0.717) is 6.92 Å². The summed E-state index contributed by atoms with van der Waals surface area (Å²) in [6, 6.07) is 0. The van der Waals surface area contributed by atoms with Crippen molar-refractivity contribution in [3.63, 3.8) is 0 Å². The van der Waals surface area contributed by atoms with Gasteiger partial charge in [-0.25, -0.2) is 0 Å². The highest BCUT2D eigenvalue weighted by Crippen LogP contribution is 2.12. The Balaban J connectivity index is 3.15. The summed E-state index contributed by atoms with van der Waals surface area (Å²) in [5.74, 6) is 0. The van der Waals surface area contributed by atoms with Crippen molar-refractivity contribution in [1.82, 2.24) is 0 Å². The van der Waals surface area contributed by atoms with Crippen LogP contribution in [-0.4, -0.2) is 25.4 Å². The molecule has 0 aromatic heterocycles. The van der Waals surface area contributed by atoms with Crippen LogP contribution in [0.3, 0.4) is 0 Å². The fourth-order valence-corrected chi connectivity index (χ4v) is 0.505. The van der Waals surface area contributed by atoms with Gasteiger partial charge in [0.15, 0.2) is 0 Å². The zero-order valence-electron chi connectivity index (χ0n) is 7.06. The van der Waals surface area contributed by atoms with Gasteiger partial charge in [0.2, 0.25) is 0 Å². The maximum Gasteiger partial charge on any atom is 0.353 e. The average Bonchev–Trinajstić information content (AvgIpc) is 1.78. The third kappa shape index (κ3) is 9.78. The van der Waals surface area contributed by atoms with Crippen LogP contribution in [0.4, 0.5) is 8.78 Å². The molecule has 0 fully saturated rings. The predicted molar refractivity (Wildman–Crippen MR) is 37.7 cm³/mol. The van der Waals surface area contributed by atoms with Crippen molar-refractivity contribution in [1.29, 1.82) is 0 Å². The summed E-state index contributed by atoms with van der Waals surface area (Å²) >= 11 is 0. The van der Waals surface area contributed by atoms with Crippen LogP contribution >= 0.6 is 0 Å². The van der Waals surface area contributed by atoms with Gasteiger partial charge in [-0.2, -0.15) is 8.78 Å². The van der Waals surface area contributed by atoms with Crippen LogP contribution in [0.25, 0.3) is 0 Å². The fraction of sp³-hybridized carbons (Fsp3) is 1.00. The van der Waals surface area contributed by atoms with E-state index < -0.39 is 6.11 Å². The first kappa shape index (κ1) is 10.8. The maximum atomic E-state index is 12.0. The second-order valence-corrected chi connectivity index (χ2v) is 2.58. The molecule has 11 heavy (non-hydrogen) atoms. The lowest BCUT2D eigenvalue weighted by molar-refractivity contribution is -0.230. The van der Waals surface area contributed by atoms with Crippen molar-refractivity contribution in [3.8, 4) is 0 Å². The van der Waals surface area contributed by atoms with Crippen molar-refractivity contribution in [3.05, 3.63) is 0 Å². The highest BCUT2D eigenvalue weighted by atomic mass is 19.3. The Bertz CT molecular complexity index is 99.1. The second-order valence-electron chi connectivity index (χ2n) is 2.58. The zero-order valence-corrected chi connectivity index (χ0v) is 7.06. The Labute approximate surface area is 65.5 Å². The van der Waals surface area contributed by atoms with Crippen LogP contribution < -0.4 is 0 Å². The molecule has 0 heterocycles. The summed E-state index contributed by atoms with van der Waals surface area (Å²) in [4.78, 5) is 0. The number of rotatable bonds is 5. The van der Waals surface area contributed by atoms with Crippen molar-refractivity contribution in [2.24, 2.45) is 0 Å². The number of hydrogen-bond donors (Lipinski definition) is 0. The molecular formula is C7H14F2O2. The Morgan fingerprint density at radius 3 is 2.18 bits per heavy atom. The Morgan fingerprint density at radius 1 is 1.27 bits per heavy atom. The van der Waals surface area contributed by atoms with Gasteiger partial charge in [-0.05, 0) is 13.8 Å². The molecule has 2 nitrogen and oxygen atoms in total. The van der Waals surface area contributed by atoms with Gasteiger partial charge in [-0.15, -0.1) is 0 Å². The molecule has 0 radical (unpaired) electrons. The molecule has 68 valence electrons. The normalized spacial score (nSPS) is 12.5. The minimum atomic E-state index is -3.04. The van der Waals surface area contributed by atoms with Gasteiger partial charge in [0.05, 0.1) is 19.3 Å². The van der Waals surface area contributed by atoms with E-state index in [1.807, 2.05) is 13.8 Å². The van der Waals surface area contributed by atoms with E-state index in [1.54, 1.807) is 0 Å². The van der Waals surface area contributed by atoms with E-state index in [9.17, 15) is 8.78 Å². The van der Waals surface area contributed by atoms with E-state index in [0.717, 1.165) is 0 Å². The molecule has 0 unspecified atom stereocenters. The lowest BCUT2D eigenvalue weighted by Crippen LogP contribution is -2.19. The van der Waals surface area contributed by atoms with E-state index in [4.69, 9.17) is 4.74 Å². The molecule has 0 aromatic rings. The van der Waals surface area contributed by atoms with E-state index in [1.165, 1.54) is 0 Å². The zero-order chi connectivity index (χ0) is 8.91. The van der Waals surface area contributed by atoms with Gasteiger partial charge < -0.3 is 9.47 Å². The summed E-state index contributed by atoms with van der Waals surface area (Å²) in [5, 5.41) is 0. The van der Waals surface area contributed by atoms with Crippen LogP contribution in [0, 0.1) is 0 Å². The Morgan fingerprint density at radius 2 is 1.82 bits per heavy atom. The Hall–Kier alpha value is -0.220. The molecule has 0 atom stereocenters. The summed E-state index contributed by atoms with van der Waals surface area (Å²) in [5.41, 5.74) is 0. The number of alkyl halides is 2. The molecular weight excluding hydrogens is 154 g/mol. The van der Waals surface area contributed by atoms with Crippen LogP contribution in [0.5, 0.6) is 0 Å². The molecule has 0 rings (SSSR count). The molecule has 0 spiro atoms. The predicted octanol–water partition coefficient (Wildman–Crippen LogP) is 2.04. The monoisotopic (exact) mass is 168 g/mol. The van der Waals surface area contributed by atoms with Crippen LogP contribution in [-0.2, 0) is 9.47 Å². The third-order valence-corrected chi connectivity index (χ3v) is 0.890. The van der Waals surface area contributed by atoms with Crippen LogP contribution in [0.2, 0.25) is 0 Å². The Kier molecular flexibility index (Phi) is 4.52. The van der Waals surface area contributed by atoms with E-state index in [-0.39, 0.29) is 19.3 Å². The van der Waals surface area contributed by atoms with Crippen molar-refractivity contribution in [2.75, 3.05) is 13.2 Å². The average molecular weight is 168 g/mol. The van der Waals surface area contributed by atoms with Crippen LogP contribution in [0.1, 0.15) is 20.8 Å². The molecule has 0 aromatic carbocycles. The van der Waals surface area contributed by atoms with Crippen LogP contribution in [0.15, 0.2) is 0 Å². The minimum absolute atomic E-state index is 0.0593. The summed E-state index contributed by atoms with van der Waals surface area (Å²) in [6.07, 6.45) is -2.98. The highest BCUT2D eigenvalue weighted by Gasteiger charge is 2.20. The van der Waals surface area contributed by atoms with E-state index in [2.05, 4.69) is 4.74 Å². The molecule has 0 aliphatic carbocycles. The quantitative estimate of drug-likeness (QED) is 0.585. The molecule has 0 aliphatic rings. The molecule has 0 bridgehead atoms. The van der Waals surface area contributed by atoms with Gasteiger partial charge in [-0.1, -0.05) is 0 Å². The molecule has 4 heteroatoms. The van der Waals surface area contributed by atoms with Gasteiger partial charge in [0, 0.05) is 6.92 Å². The topological polar surface area (TPSA) is 18.5 Å². The smallest absolute Gasteiger partial charge is 0.353 e. The van der Waals surface area contributed by atoms with E-state index >= 15 is 0 Å². The first-order chi connectivity index (χ1) is 4.92. The summed E-state index contributed by atoms with van der Waals surface area (Å²) in [6.45, 7) is 4.53. The first-order valence-corrected chi connectivity index (χ1v) is 3.55. The standard InChI is InChI=1S/C7H14F2O2/c1-6(2)10-4-5-11-7(3,8)9/h6H,4-5H2,1-3H3. The largest absolute Gasteiger partial charge is 0.376 e. The lowest BCUT2D eigenvalue weighted by atomic mass is 10.5.